The van der Waals surface area contributed by atoms with Gasteiger partial charge in [-0.15, -0.1) is 0 Å². The molecule has 1 saturated heterocycles. The molecule has 2 heterocycles. The van der Waals surface area contributed by atoms with Gasteiger partial charge in [-0.1, -0.05) is 18.2 Å². The summed E-state index contributed by atoms with van der Waals surface area (Å²) >= 11 is 0. The molecular formula is C14H11N3O4. The number of hydrogen-bond acceptors (Lipinski definition) is 5. The van der Waals surface area contributed by atoms with Crippen LogP contribution in [0.3, 0.4) is 0 Å². The molecule has 106 valence electrons. The summed E-state index contributed by atoms with van der Waals surface area (Å²) in [6.45, 7) is 0. The quantitative estimate of drug-likeness (QED) is 0.792. The van der Waals surface area contributed by atoms with Crippen LogP contribution in [0.15, 0.2) is 24.3 Å². The summed E-state index contributed by atoms with van der Waals surface area (Å²) in [5.41, 5.74) is 0.324. The molecule has 2 N–H and O–H groups in total. The zero-order chi connectivity index (χ0) is 15.0. The lowest BCUT2D eigenvalue weighted by Crippen LogP contribution is -2.40. The Morgan fingerprint density at radius 2 is 2.00 bits per heavy atom. The molecule has 1 unspecified atom stereocenters. The Morgan fingerprint density at radius 3 is 2.71 bits per heavy atom. The molecular weight excluding hydrogens is 274 g/mol. The van der Waals surface area contributed by atoms with E-state index >= 15 is 0 Å². The third-order valence-corrected chi connectivity index (χ3v) is 3.37. The minimum Gasteiger partial charge on any atom is -0.476 e. The van der Waals surface area contributed by atoms with Crippen LogP contribution in [0, 0.1) is 0 Å². The molecule has 1 fully saturated rings. The molecule has 21 heavy (non-hydrogen) atoms. The monoisotopic (exact) mass is 285 g/mol. The van der Waals surface area contributed by atoms with Gasteiger partial charge in [-0.3, -0.25) is 14.9 Å². The highest BCUT2D eigenvalue weighted by Gasteiger charge is 2.31. The summed E-state index contributed by atoms with van der Waals surface area (Å²) < 4.78 is 0. The van der Waals surface area contributed by atoms with Crippen molar-refractivity contribution in [1.29, 1.82) is 0 Å². The molecule has 1 aromatic carbocycles. The molecule has 0 bridgehead atoms. The topological polar surface area (TPSA) is 109 Å². The summed E-state index contributed by atoms with van der Waals surface area (Å²) in [4.78, 5) is 42.7. The van der Waals surface area contributed by atoms with Crippen molar-refractivity contribution in [2.75, 3.05) is 0 Å². The van der Waals surface area contributed by atoms with Crippen LogP contribution in [0.4, 0.5) is 0 Å². The van der Waals surface area contributed by atoms with Crippen LogP contribution in [-0.4, -0.2) is 32.9 Å². The average molecular weight is 285 g/mol. The van der Waals surface area contributed by atoms with Crippen molar-refractivity contribution >= 4 is 28.7 Å². The second-order valence-corrected chi connectivity index (χ2v) is 4.76. The van der Waals surface area contributed by atoms with Crippen LogP contribution in [0.1, 0.15) is 35.1 Å². The first kappa shape index (κ1) is 13.2. The first-order valence-corrected chi connectivity index (χ1v) is 6.40. The highest BCUT2D eigenvalue weighted by Crippen LogP contribution is 2.25. The molecule has 1 aliphatic heterocycles. The van der Waals surface area contributed by atoms with Crippen LogP contribution in [-0.2, 0) is 9.59 Å². The van der Waals surface area contributed by atoms with E-state index in [4.69, 9.17) is 0 Å². The number of piperidine rings is 1. The fourth-order valence-corrected chi connectivity index (χ4v) is 2.35. The predicted molar refractivity (Wildman–Crippen MR) is 71.6 cm³/mol. The van der Waals surface area contributed by atoms with E-state index in [-0.39, 0.29) is 30.3 Å². The predicted octanol–water partition coefficient (Wildman–Crippen LogP) is 0.848. The van der Waals surface area contributed by atoms with Crippen molar-refractivity contribution in [3.63, 3.8) is 0 Å². The zero-order valence-corrected chi connectivity index (χ0v) is 10.9. The number of imide groups is 1. The normalized spacial score (nSPS) is 18.6. The summed E-state index contributed by atoms with van der Waals surface area (Å²) in [6.07, 6.45) is 0.469. The number of para-hydroxylation sites is 1. The smallest absolute Gasteiger partial charge is 0.355 e. The van der Waals surface area contributed by atoms with Gasteiger partial charge in [-0.2, -0.15) is 0 Å². The second-order valence-electron chi connectivity index (χ2n) is 4.76. The lowest BCUT2D eigenvalue weighted by molar-refractivity contribution is -0.134. The van der Waals surface area contributed by atoms with Crippen molar-refractivity contribution in [3.8, 4) is 0 Å². The average Bonchev–Trinajstić information content (AvgIpc) is 2.46. The number of nitrogens with zero attached hydrogens (tertiary/aromatic N) is 2. The molecule has 0 radical (unpaired) electrons. The maximum absolute atomic E-state index is 11.9. The van der Waals surface area contributed by atoms with Gasteiger partial charge < -0.3 is 5.11 Å². The van der Waals surface area contributed by atoms with Gasteiger partial charge in [-0.25, -0.2) is 14.8 Å². The van der Waals surface area contributed by atoms with Gasteiger partial charge >= 0.3 is 5.97 Å². The number of amides is 2. The number of carboxylic acid groups (broad SMARTS) is 1. The Hall–Kier alpha value is -2.83. The summed E-state index contributed by atoms with van der Waals surface area (Å²) in [7, 11) is 0. The van der Waals surface area contributed by atoms with Crippen molar-refractivity contribution in [2.24, 2.45) is 0 Å². The first-order chi connectivity index (χ1) is 10.1. The van der Waals surface area contributed by atoms with E-state index in [0.29, 0.717) is 10.9 Å². The van der Waals surface area contributed by atoms with Gasteiger partial charge in [0.2, 0.25) is 11.8 Å². The fourth-order valence-electron chi connectivity index (χ4n) is 2.35. The van der Waals surface area contributed by atoms with E-state index in [0.717, 1.165) is 0 Å². The highest BCUT2D eigenvalue weighted by molar-refractivity contribution is 6.02. The summed E-state index contributed by atoms with van der Waals surface area (Å²) in [5, 5.41) is 11.9. The van der Waals surface area contributed by atoms with Crippen LogP contribution < -0.4 is 5.32 Å². The van der Waals surface area contributed by atoms with Gasteiger partial charge in [0.05, 0.1) is 11.4 Å². The minimum atomic E-state index is -1.18. The van der Waals surface area contributed by atoms with Gasteiger partial charge in [0.15, 0.2) is 5.69 Å². The number of rotatable bonds is 2. The van der Waals surface area contributed by atoms with Gasteiger partial charge in [0.1, 0.15) is 5.82 Å². The van der Waals surface area contributed by atoms with Crippen LogP contribution in [0.25, 0.3) is 10.9 Å². The van der Waals surface area contributed by atoms with Gasteiger partial charge in [-0.05, 0) is 12.5 Å². The largest absolute Gasteiger partial charge is 0.476 e. The molecule has 0 aliphatic carbocycles. The fraction of sp³-hybridized carbons (Fsp3) is 0.214. The maximum atomic E-state index is 11.9. The number of aromatic nitrogens is 2. The van der Waals surface area contributed by atoms with E-state index in [1.807, 2.05) is 0 Å². The first-order valence-electron chi connectivity index (χ1n) is 6.40. The van der Waals surface area contributed by atoms with E-state index in [2.05, 4.69) is 15.3 Å². The molecule has 0 saturated carbocycles. The highest BCUT2D eigenvalue weighted by atomic mass is 16.4. The molecule has 2 aromatic rings. The number of carboxylic acids is 1. The maximum Gasteiger partial charge on any atom is 0.355 e. The van der Waals surface area contributed by atoms with E-state index in [1.54, 1.807) is 24.3 Å². The van der Waals surface area contributed by atoms with Gasteiger partial charge in [0, 0.05) is 11.8 Å². The van der Waals surface area contributed by atoms with Crippen molar-refractivity contribution in [1.82, 2.24) is 15.3 Å². The summed E-state index contributed by atoms with van der Waals surface area (Å²) in [5.74, 6) is -2.57. The Morgan fingerprint density at radius 1 is 1.24 bits per heavy atom. The Kier molecular flexibility index (Phi) is 3.09. The number of benzene rings is 1. The molecule has 7 heteroatoms. The van der Waals surface area contributed by atoms with E-state index in [9.17, 15) is 19.5 Å². The molecule has 1 aliphatic rings. The van der Waals surface area contributed by atoms with E-state index in [1.165, 1.54) is 0 Å². The molecule has 1 atom stereocenters. The number of carbonyl (C=O) groups excluding carboxylic acids is 2. The lowest BCUT2D eigenvalue weighted by atomic mass is 9.97. The molecule has 3 rings (SSSR count). The standard InChI is InChI=1S/C14H11N3O4/c18-10-6-5-8(13(19)16-10)12-15-9-4-2-1-3-7(9)11(17-12)14(20)21/h1-4,8H,5-6H2,(H,20,21)(H,16,18,19). The van der Waals surface area contributed by atoms with Crippen molar-refractivity contribution in [2.45, 2.75) is 18.8 Å². The number of nitrogens with one attached hydrogen (secondary N) is 1. The van der Waals surface area contributed by atoms with Gasteiger partial charge in [0.25, 0.3) is 0 Å². The van der Waals surface area contributed by atoms with Crippen LogP contribution >= 0.6 is 0 Å². The number of aromatic carboxylic acids is 1. The second kappa shape index (κ2) is 4.93. The number of fused-ring (bicyclic) bond motifs is 1. The zero-order valence-electron chi connectivity index (χ0n) is 10.9. The van der Waals surface area contributed by atoms with E-state index < -0.39 is 17.8 Å². The van der Waals surface area contributed by atoms with Crippen molar-refractivity contribution in [3.05, 3.63) is 35.8 Å². The Labute approximate surface area is 119 Å². The van der Waals surface area contributed by atoms with Crippen LogP contribution in [0.5, 0.6) is 0 Å². The van der Waals surface area contributed by atoms with Crippen LogP contribution in [0.2, 0.25) is 0 Å². The summed E-state index contributed by atoms with van der Waals surface area (Å²) in [6, 6.07) is 6.71. The molecule has 7 nitrogen and oxygen atoms in total. The molecule has 2 amide bonds. The molecule has 0 spiro atoms. The third-order valence-electron chi connectivity index (χ3n) is 3.37. The molecule has 1 aromatic heterocycles. The number of carbonyl (C=O) groups is 3. The Balaban J connectivity index is 2.13. The minimum absolute atomic E-state index is 0.135. The van der Waals surface area contributed by atoms with Crippen molar-refractivity contribution < 1.29 is 19.5 Å². The third kappa shape index (κ3) is 2.33. The lowest BCUT2D eigenvalue weighted by Gasteiger charge is -2.20. The number of hydrogen-bond donors (Lipinski definition) is 2. The SMILES string of the molecule is O=C1CCC(c2nc(C(=O)O)c3ccccc3n2)C(=O)N1. The Bertz CT molecular complexity index is 772.